The van der Waals surface area contributed by atoms with Gasteiger partial charge in [0.2, 0.25) is 0 Å². The maximum absolute atomic E-state index is 11.5. The molecule has 1 aromatic rings. The van der Waals surface area contributed by atoms with E-state index in [0.717, 1.165) is 10.6 Å². The predicted molar refractivity (Wildman–Crippen MR) is 83.7 cm³/mol. The fourth-order valence-electron chi connectivity index (χ4n) is 1.74. The van der Waals surface area contributed by atoms with E-state index in [-0.39, 0.29) is 19.1 Å². The standard InChI is InChI=1S/C14H20N2O5S/c1-4-9-20-14(17)11-15(2)10-12-5-7-13(8-6-12)16(3)21-22(18)19/h4-8,22H,1,9-11H2,2-3H3. The van der Waals surface area contributed by atoms with Gasteiger partial charge in [-0.2, -0.15) is 4.28 Å². The van der Waals surface area contributed by atoms with Gasteiger partial charge < -0.3 is 4.74 Å². The Labute approximate surface area is 131 Å². The van der Waals surface area contributed by atoms with Crippen molar-refractivity contribution in [2.75, 3.05) is 32.3 Å². The lowest BCUT2D eigenvalue weighted by atomic mass is 10.2. The summed E-state index contributed by atoms with van der Waals surface area (Å²) < 4.78 is 30.4. The first-order chi connectivity index (χ1) is 10.4. The lowest BCUT2D eigenvalue weighted by molar-refractivity contribution is -0.143. The number of hydrogen-bond donors (Lipinski definition) is 1. The highest BCUT2D eigenvalue weighted by molar-refractivity contribution is 7.67. The van der Waals surface area contributed by atoms with Crippen molar-refractivity contribution in [3.8, 4) is 0 Å². The maximum atomic E-state index is 11.5. The fourth-order valence-corrected chi connectivity index (χ4v) is 2.04. The first-order valence-electron chi connectivity index (χ1n) is 6.52. The van der Waals surface area contributed by atoms with Gasteiger partial charge in [-0.15, -0.1) is 0 Å². The largest absolute Gasteiger partial charge is 0.461 e. The van der Waals surface area contributed by atoms with E-state index in [2.05, 4.69) is 10.9 Å². The molecule has 0 aliphatic heterocycles. The monoisotopic (exact) mass is 328 g/mol. The normalized spacial score (nSPS) is 10.7. The van der Waals surface area contributed by atoms with E-state index < -0.39 is 11.0 Å². The van der Waals surface area contributed by atoms with Gasteiger partial charge in [0, 0.05) is 13.6 Å². The quantitative estimate of drug-likeness (QED) is 0.310. The molecule has 0 amide bonds. The minimum atomic E-state index is -2.94. The SMILES string of the molecule is C=CCOC(=O)CN(C)Cc1ccc(N(C)O[SH](=O)=O)cc1. The predicted octanol–water partition coefficient (Wildman–Crippen LogP) is 0.742. The number of rotatable bonds is 9. The van der Waals surface area contributed by atoms with Gasteiger partial charge in [-0.3, -0.25) is 9.69 Å². The molecule has 0 saturated heterocycles. The van der Waals surface area contributed by atoms with Gasteiger partial charge in [0.15, 0.2) is 0 Å². The van der Waals surface area contributed by atoms with Crippen molar-refractivity contribution in [1.82, 2.24) is 4.90 Å². The molecule has 0 aromatic heterocycles. The topological polar surface area (TPSA) is 76.2 Å². The minimum absolute atomic E-state index is 0.176. The Bertz CT molecular complexity index is 563. The second-order valence-electron chi connectivity index (χ2n) is 4.61. The van der Waals surface area contributed by atoms with Gasteiger partial charge in [0.1, 0.15) is 6.61 Å². The highest BCUT2D eigenvalue weighted by Gasteiger charge is 2.08. The van der Waals surface area contributed by atoms with Crippen LogP contribution in [-0.4, -0.2) is 46.5 Å². The molecule has 0 radical (unpaired) electrons. The van der Waals surface area contributed by atoms with Crippen LogP contribution in [0.25, 0.3) is 0 Å². The van der Waals surface area contributed by atoms with Gasteiger partial charge in [0.25, 0.3) is 11.0 Å². The van der Waals surface area contributed by atoms with Crippen LogP contribution in [0.2, 0.25) is 0 Å². The molecule has 0 bridgehead atoms. The van der Waals surface area contributed by atoms with E-state index in [1.807, 2.05) is 17.0 Å². The molecule has 1 aromatic carbocycles. The number of hydrogen-bond acceptors (Lipinski definition) is 7. The van der Waals surface area contributed by atoms with Crippen LogP contribution in [0.5, 0.6) is 0 Å². The third-order valence-electron chi connectivity index (χ3n) is 2.70. The van der Waals surface area contributed by atoms with Gasteiger partial charge >= 0.3 is 5.97 Å². The average Bonchev–Trinajstić information content (AvgIpc) is 2.45. The van der Waals surface area contributed by atoms with Gasteiger partial charge in [0.05, 0.1) is 12.2 Å². The maximum Gasteiger partial charge on any atom is 0.320 e. The van der Waals surface area contributed by atoms with E-state index in [1.165, 1.54) is 13.1 Å². The number of benzene rings is 1. The molecule has 0 atom stereocenters. The molecule has 122 valence electrons. The van der Waals surface area contributed by atoms with Crippen LogP contribution in [0, 0.1) is 0 Å². The molecule has 0 unspecified atom stereocenters. The number of ether oxygens (including phenoxy) is 1. The lowest BCUT2D eigenvalue weighted by Crippen LogP contribution is -2.27. The number of hydroxylamine groups is 1. The van der Waals surface area contributed by atoms with Crippen LogP contribution < -0.4 is 5.06 Å². The number of anilines is 1. The lowest BCUT2D eigenvalue weighted by Gasteiger charge is -2.17. The molecule has 8 heteroatoms. The van der Waals surface area contributed by atoms with Crippen LogP contribution in [0.3, 0.4) is 0 Å². The molecule has 0 heterocycles. The molecule has 0 aliphatic carbocycles. The number of nitrogens with zero attached hydrogens (tertiary/aromatic N) is 2. The van der Waals surface area contributed by atoms with E-state index >= 15 is 0 Å². The van der Waals surface area contributed by atoms with Crippen LogP contribution in [0.15, 0.2) is 36.9 Å². The number of likely N-dealkylation sites (N-methyl/N-ethyl adjacent to an activating group) is 1. The summed E-state index contributed by atoms with van der Waals surface area (Å²) in [4.78, 5) is 13.3. The molecule has 0 N–H and O–H groups in total. The Morgan fingerprint density at radius 2 is 1.91 bits per heavy atom. The first kappa shape index (κ1) is 18.1. The second-order valence-corrected chi connectivity index (χ2v) is 5.22. The molecule has 7 nitrogen and oxygen atoms in total. The summed E-state index contributed by atoms with van der Waals surface area (Å²) in [5.74, 6) is -0.314. The van der Waals surface area contributed by atoms with Crippen molar-refractivity contribution < 1.29 is 22.2 Å². The van der Waals surface area contributed by atoms with E-state index in [4.69, 9.17) is 4.74 Å². The Kier molecular flexibility index (Phi) is 7.58. The zero-order valence-corrected chi connectivity index (χ0v) is 13.5. The molecule has 22 heavy (non-hydrogen) atoms. The molecule has 0 spiro atoms. The second kappa shape index (κ2) is 9.19. The third kappa shape index (κ3) is 6.70. The van der Waals surface area contributed by atoms with Crippen molar-refractivity contribution in [2.24, 2.45) is 0 Å². The van der Waals surface area contributed by atoms with E-state index in [1.54, 1.807) is 19.2 Å². The molecule has 0 fully saturated rings. The van der Waals surface area contributed by atoms with Crippen molar-refractivity contribution >= 4 is 22.6 Å². The van der Waals surface area contributed by atoms with Gasteiger partial charge in [-0.05, 0) is 24.7 Å². The van der Waals surface area contributed by atoms with E-state index in [0.29, 0.717) is 12.2 Å². The fraction of sp³-hybridized carbons (Fsp3) is 0.357. The number of thiol groups is 1. The molecule has 0 aliphatic rings. The summed E-state index contributed by atoms with van der Waals surface area (Å²) in [6, 6.07) is 7.13. The Hall–Kier alpha value is -1.90. The van der Waals surface area contributed by atoms with Crippen molar-refractivity contribution in [2.45, 2.75) is 6.54 Å². The summed E-state index contributed by atoms with van der Waals surface area (Å²) in [6.45, 7) is 4.42. The van der Waals surface area contributed by atoms with Crippen LogP contribution >= 0.6 is 0 Å². The van der Waals surface area contributed by atoms with Gasteiger partial charge in [-0.1, -0.05) is 24.8 Å². The minimum Gasteiger partial charge on any atom is -0.461 e. The highest BCUT2D eigenvalue weighted by Crippen LogP contribution is 2.15. The first-order valence-corrected chi connectivity index (χ1v) is 7.62. The third-order valence-corrected chi connectivity index (χ3v) is 3.08. The van der Waals surface area contributed by atoms with Crippen molar-refractivity contribution in [3.05, 3.63) is 42.5 Å². The molecule has 1 rings (SSSR count). The molecule has 0 saturated carbocycles. The Balaban J connectivity index is 2.52. The summed E-state index contributed by atoms with van der Waals surface area (Å²) in [6.07, 6.45) is 1.52. The summed E-state index contributed by atoms with van der Waals surface area (Å²) in [5.41, 5.74) is 1.58. The van der Waals surface area contributed by atoms with Crippen LogP contribution in [0.1, 0.15) is 5.56 Å². The number of carbonyl (C=O) groups is 1. The van der Waals surface area contributed by atoms with Crippen LogP contribution in [0.4, 0.5) is 5.69 Å². The number of esters is 1. The smallest absolute Gasteiger partial charge is 0.320 e. The van der Waals surface area contributed by atoms with E-state index in [9.17, 15) is 13.2 Å². The summed E-state index contributed by atoms with van der Waals surface area (Å²) >= 11 is 0. The summed E-state index contributed by atoms with van der Waals surface area (Å²) in [7, 11) is 0.367. The highest BCUT2D eigenvalue weighted by atomic mass is 32.2. The molecular formula is C14H20N2O5S. The molecular weight excluding hydrogens is 308 g/mol. The van der Waals surface area contributed by atoms with Crippen molar-refractivity contribution in [1.29, 1.82) is 0 Å². The zero-order valence-electron chi connectivity index (χ0n) is 12.6. The number of carbonyl (C=O) groups excluding carboxylic acids is 1. The van der Waals surface area contributed by atoms with Gasteiger partial charge in [-0.25, -0.2) is 13.5 Å². The Morgan fingerprint density at radius 1 is 1.27 bits per heavy atom. The Morgan fingerprint density at radius 3 is 2.45 bits per heavy atom. The average molecular weight is 328 g/mol. The zero-order chi connectivity index (χ0) is 16.5. The summed E-state index contributed by atoms with van der Waals surface area (Å²) in [5, 5.41) is 1.16. The van der Waals surface area contributed by atoms with Crippen LogP contribution in [-0.2, 0) is 31.3 Å². The van der Waals surface area contributed by atoms with Crippen molar-refractivity contribution in [3.63, 3.8) is 0 Å².